The van der Waals surface area contributed by atoms with E-state index in [0.29, 0.717) is 28.8 Å². The smallest absolute Gasteiger partial charge is 0.255 e. The Morgan fingerprint density at radius 1 is 1.18 bits per heavy atom. The van der Waals surface area contributed by atoms with Gasteiger partial charge in [-0.05, 0) is 87.4 Å². The highest BCUT2D eigenvalue weighted by atomic mass is 16.3. The second kappa shape index (κ2) is 8.92. The van der Waals surface area contributed by atoms with E-state index in [1.54, 1.807) is 38.1 Å². The zero-order valence-corrected chi connectivity index (χ0v) is 20.2. The van der Waals surface area contributed by atoms with Crippen molar-refractivity contribution >= 4 is 17.5 Å². The van der Waals surface area contributed by atoms with E-state index in [0.717, 1.165) is 30.5 Å². The third-order valence-electron chi connectivity index (χ3n) is 7.29. The number of aliphatic hydroxyl groups is 1. The summed E-state index contributed by atoms with van der Waals surface area (Å²) >= 11 is 0. The first-order chi connectivity index (χ1) is 15.5. The molecule has 33 heavy (non-hydrogen) atoms. The van der Waals surface area contributed by atoms with Gasteiger partial charge in [0.2, 0.25) is 5.91 Å². The molecule has 6 nitrogen and oxygen atoms in total. The van der Waals surface area contributed by atoms with E-state index in [-0.39, 0.29) is 23.8 Å². The van der Waals surface area contributed by atoms with Gasteiger partial charge in [0.1, 0.15) is 0 Å². The molecule has 4 rings (SSSR count). The maximum Gasteiger partial charge on any atom is 0.255 e. The molecule has 4 atom stereocenters. The molecule has 0 aliphatic carbocycles. The molecule has 0 bridgehead atoms. The first kappa shape index (κ1) is 23.5. The van der Waals surface area contributed by atoms with E-state index in [1.165, 1.54) is 0 Å². The van der Waals surface area contributed by atoms with Crippen LogP contribution in [0.5, 0.6) is 0 Å². The number of likely N-dealkylation sites (tertiary alicyclic amines) is 1. The van der Waals surface area contributed by atoms with Gasteiger partial charge in [0, 0.05) is 36.9 Å². The maximum absolute atomic E-state index is 13.3. The van der Waals surface area contributed by atoms with E-state index in [2.05, 4.69) is 17.6 Å². The highest BCUT2D eigenvalue weighted by Gasteiger charge is 2.43. The van der Waals surface area contributed by atoms with Crippen LogP contribution in [0.4, 0.5) is 5.69 Å². The fourth-order valence-corrected chi connectivity index (χ4v) is 5.25. The number of nitrogens with zero attached hydrogens (tertiary/aromatic N) is 1. The van der Waals surface area contributed by atoms with Gasteiger partial charge in [-0.2, -0.15) is 0 Å². The first-order valence-electron chi connectivity index (χ1n) is 11.8. The van der Waals surface area contributed by atoms with Gasteiger partial charge in [0.05, 0.1) is 11.5 Å². The number of amides is 2. The van der Waals surface area contributed by atoms with E-state index < -0.39 is 5.60 Å². The van der Waals surface area contributed by atoms with E-state index in [1.807, 2.05) is 37.1 Å². The second-order valence-electron chi connectivity index (χ2n) is 10.3. The zero-order valence-electron chi connectivity index (χ0n) is 20.2. The SMILES string of the molecule is Cc1ccc(NC(=O)c2cccc(C(C)(C)O)c2)cc1C1CC2CNC(C)CC2N(C)C1=O. The molecule has 2 fully saturated rings. The lowest BCUT2D eigenvalue weighted by Crippen LogP contribution is -2.57. The molecular formula is C27H35N3O3. The molecule has 2 aromatic carbocycles. The number of rotatable bonds is 4. The van der Waals surface area contributed by atoms with Gasteiger partial charge in [0.15, 0.2) is 0 Å². The van der Waals surface area contributed by atoms with Gasteiger partial charge in [-0.1, -0.05) is 18.2 Å². The summed E-state index contributed by atoms with van der Waals surface area (Å²) in [5, 5.41) is 16.8. The molecule has 2 heterocycles. The van der Waals surface area contributed by atoms with Crippen LogP contribution in [0.1, 0.15) is 66.6 Å². The largest absolute Gasteiger partial charge is 0.386 e. The summed E-state index contributed by atoms with van der Waals surface area (Å²) < 4.78 is 0. The monoisotopic (exact) mass is 449 g/mol. The van der Waals surface area contributed by atoms with Gasteiger partial charge < -0.3 is 20.6 Å². The Hall–Kier alpha value is -2.70. The summed E-state index contributed by atoms with van der Waals surface area (Å²) in [5.74, 6) is 0.140. The summed E-state index contributed by atoms with van der Waals surface area (Å²) in [6.07, 6.45) is 1.80. The Morgan fingerprint density at radius 3 is 2.67 bits per heavy atom. The summed E-state index contributed by atoms with van der Waals surface area (Å²) in [6, 6.07) is 13.5. The van der Waals surface area contributed by atoms with Crippen LogP contribution in [0.2, 0.25) is 0 Å². The summed E-state index contributed by atoms with van der Waals surface area (Å²) in [4.78, 5) is 28.2. The summed E-state index contributed by atoms with van der Waals surface area (Å²) in [6.45, 7) is 8.51. The molecule has 2 saturated heterocycles. The molecule has 0 aromatic heterocycles. The van der Waals surface area contributed by atoms with Gasteiger partial charge in [-0.15, -0.1) is 0 Å². The molecular weight excluding hydrogens is 414 g/mol. The highest BCUT2D eigenvalue weighted by Crippen LogP contribution is 2.39. The molecule has 0 radical (unpaired) electrons. The van der Waals surface area contributed by atoms with E-state index >= 15 is 0 Å². The minimum atomic E-state index is -1.02. The van der Waals surface area contributed by atoms with Crippen molar-refractivity contribution in [1.82, 2.24) is 10.2 Å². The lowest BCUT2D eigenvalue weighted by molar-refractivity contribution is -0.140. The predicted molar refractivity (Wildman–Crippen MR) is 130 cm³/mol. The fourth-order valence-electron chi connectivity index (χ4n) is 5.25. The topological polar surface area (TPSA) is 81.7 Å². The number of hydrogen-bond donors (Lipinski definition) is 3. The molecule has 0 saturated carbocycles. The third-order valence-corrected chi connectivity index (χ3v) is 7.29. The van der Waals surface area contributed by atoms with Crippen LogP contribution >= 0.6 is 0 Å². The van der Waals surface area contributed by atoms with Crippen molar-refractivity contribution < 1.29 is 14.7 Å². The molecule has 2 aliphatic rings. The number of carbonyl (C=O) groups is 2. The van der Waals surface area contributed by atoms with Crippen molar-refractivity contribution in [2.75, 3.05) is 18.9 Å². The second-order valence-corrected chi connectivity index (χ2v) is 10.3. The normalized spacial score (nSPS) is 25.5. The molecule has 2 amide bonds. The zero-order chi connectivity index (χ0) is 23.9. The highest BCUT2D eigenvalue weighted by molar-refractivity contribution is 6.04. The van der Waals surface area contributed by atoms with Crippen LogP contribution in [0, 0.1) is 12.8 Å². The Kier molecular flexibility index (Phi) is 6.34. The fraction of sp³-hybridized carbons (Fsp3) is 0.481. The number of nitrogens with one attached hydrogen (secondary N) is 2. The Bertz CT molecular complexity index is 1060. The van der Waals surface area contributed by atoms with Gasteiger partial charge in [-0.25, -0.2) is 0 Å². The van der Waals surface area contributed by atoms with Crippen molar-refractivity contribution in [3.05, 3.63) is 64.7 Å². The van der Waals surface area contributed by atoms with Crippen LogP contribution < -0.4 is 10.6 Å². The Morgan fingerprint density at radius 2 is 1.94 bits per heavy atom. The van der Waals surface area contributed by atoms with Gasteiger partial charge in [0.25, 0.3) is 5.91 Å². The van der Waals surface area contributed by atoms with E-state index in [4.69, 9.17) is 0 Å². The van der Waals surface area contributed by atoms with Gasteiger partial charge >= 0.3 is 0 Å². The number of fused-ring (bicyclic) bond motifs is 1. The number of carbonyl (C=O) groups excluding carboxylic acids is 2. The van der Waals surface area contributed by atoms with Crippen LogP contribution in [0.25, 0.3) is 0 Å². The van der Waals surface area contributed by atoms with E-state index in [9.17, 15) is 14.7 Å². The standard InChI is InChI=1S/C27H35N3O3/c1-16-9-10-21(29-25(31)18-7-6-8-20(12-18)27(3,4)33)14-22(16)23-13-19-15-28-17(2)11-24(19)30(5)26(23)32/h6-10,12,14,17,19,23-24,28,33H,11,13,15H2,1-5H3,(H,29,31). The predicted octanol–water partition coefficient (Wildman–Crippen LogP) is 3.79. The lowest BCUT2D eigenvalue weighted by Gasteiger charge is -2.47. The summed E-state index contributed by atoms with van der Waals surface area (Å²) in [5.41, 5.74) is 2.84. The molecule has 6 heteroatoms. The number of likely N-dealkylation sites (N-methyl/N-ethyl adjacent to an activating group) is 1. The average Bonchev–Trinajstić information content (AvgIpc) is 2.77. The van der Waals surface area contributed by atoms with Crippen LogP contribution in [-0.2, 0) is 10.4 Å². The van der Waals surface area contributed by atoms with Crippen LogP contribution in [0.3, 0.4) is 0 Å². The van der Waals surface area contributed by atoms with Crippen molar-refractivity contribution in [2.45, 2.75) is 64.1 Å². The van der Waals surface area contributed by atoms with Crippen LogP contribution in [0.15, 0.2) is 42.5 Å². The first-order valence-corrected chi connectivity index (χ1v) is 11.8. The van der Waals surface area contributed by atoms with Crippen molar-refractivity contribution in [2.24, 2.45) is 5.92 Å². The van der Waals surface area contributed by atoms with Gasteiger partial charge in [-0.3, -0.25) is 9.59 Å². The van der Waals surface area contributed by atoms with Crippen molar-refractivity contribution in [1.29, 1.82) is 0 Å². The number of aryl methyl sites for hydroxylation is 1. The van der Waals surface area contributed by atoms with Crippen molar-refractivity contribution in [3.63, 3.8) is 0 Å². The molecule has 0 spiro atoms. The molecule has 4 unspecified atom stereocenters. The Balaban J connectivity index is 1.56. The third kappa shape index (κ3) is 4.82. The number of anilines is 1. The molecule has 2 aromatic rings. The summed E-state index contributed by atoms with van der Waals surface area (Å²) in [7, 11) is 1.93. The number of hydrogen-bond acceptors (Lipinski definition) is 4. The lowest BCUT2D eigenvalue weighted by atomic mass is 9.75. The minimum absolute atomic E-state index is 0.162. The quantitative estimate of drug-likeness (QED) is 0.663. The average molecular weight is 450 g/mol. The van der Waals surface area contributed by atoms with Crippen molar-refractivity contribution in [3.8, 4) is 0 Å². The maximum atomic E-state index is 13.3. The Labute approximate surface area is 196 Å². The molecule has 2 aliphatic heterocycles. The van der Waals surface area contributed by atoms with Crippen LogP contribution in [-0.4, -0.2) is 47.5 Å². The molecule has 176 valence electrons. The molecule has 3 N–H and O–H groups in total. The number of benzene rings is 2. The number of piperidine rings is 2. The minimum Gasteiger partial charge on any atom is -0.386 e.